The fraction of sp³-hybridized carbons (Fsp3) is 0.200. The van der Waals surface area contributed by atoms with Crippen molar-refractivity contribution in [3.63, 3.8) is 0 Å². The molecule has 26 heavy (non-hydrogen) atoms. The number of aryl methyl sites for hydroxylation is 2. The van der Waals surface area contributed by atoms with Gasteiger partial charge in [-0.05, 0) is 42.2 Å². The van der Waals surface area contributed by atoms with Crippen LogP contribution in [0.5, 0.6) is 0 Å². The minimum atomic E-state index is -0.263. The molecule has 0 atom stereocenters. The number of benzene rings is 2. The van der Waals surface area contributed by atoms with Gasteiger partial charge in [0.1, 0.15) is 0 Å². The summed E-state index contributed by atoms with van der Waals surface area (Å²) in [6.07, 6.45) is 2.84. The van der Waals surface area contributed by atoms with E-state index in [2.05, 4.69) is 15.8 Å². The Morgan fingerprint density at radius 1 is 1.08 bits per heavy atom. The summed E-state index contributed by atoms with van der Waals surface area (Å²) in [5, 5.41) is 1.69. The number of amides is 2. The summed E-state index contributed by atoms with van der Waals surface area (Å²) in [7, 11) is 0. The van der Waals surface area contributed by atoms with E-state index in [0.29, 0.717) is 11.4 Å². The van der Waals surface area contributed by atoms with Crippen molar-refractivity contribution in [2.24, 2.45) is 0 Å². The van der Waals surface area contributed by atoms with Crippen molar-refractivity contribution < 1.29 is 9.59 Å². The Labute approximate surface area is 156 Å². The molecule has 0 spiro atoms. The second-order valence-electron chi connectivity index (χ2n) is 6.22. The maximum absolute atomic E-state index is 12.1. The van der Waals surface area contributed by atoms with Crippen LogP contribution < -0.4 is 10.9 Å². The average Bonchev–Trinajstić information content (AvgIpc) is 3.04. The summed E-state index contributed by atoms with van der Waals surface area (Å²) in [5.41, 5.74) is 8.79. The van der Waals surface area contributed by atoms with E-state index in [1.807, 2.05) is 55.6 Å². The molecule has 0 aliphatic carbocycles. The Hall–Kier alpha value is -2.79. The molecule has 0 saturated heterocycles. The molecular formula is C20H20ClN3O2. The van der Waals surface area contributed by atoms with Gasteiger partial charge >= 0.3 is 0 Å². The van der Waals surface area contributed by atoms with Crippen molar-refractivity contribution in [2.45, 2.75) is 26.2 Å². The highest BCUT2D eigenvalue weighted by atomic mass is 35.5. The lowest BCUT2D eigenvalue weighted by atomic mass is 10.1. The maximum atomic E-state index is 12.1. The molecule has 2 aromatic carbocycles. The highest BCUT2D eigenvalue weighted by Crippen LogP contribution is 2.18. The summed E-state index contributed by atoms with van der Waals surface area (Å²) in [4.78, 5) is 27.1. The Morgan fingerprint density at radius 3 is 2.65 bits per heavy atom. The van der Waals surface area contributed by atoms with Crippen LogP contribution in [0.4, 0.5) is 0 Å². The number of H-pyrrole nitrogens is 1. The zero-order chi connectivity index (χ0) is 18.5. The van der Waals surface area contributed by atoms with Gasteiger partial charge in [-0.25, -0.2) is 0 Å². The first-order valence-electron chi connectivity index (χ1n) is 8.40. The molecule has 3 rings (SSSR count). The van der Waals surface area contributed by atoms with E-state index < -0.39 is 0 Å². The monoisotopic (exact) mass is 369 g/mol. The quantitative estimate of drug-likeness (QED) is 0.602. The molecule has 0 fully saturated rings. The van der Waals surface area contributed by atoms with Gasteiger partial charge in [-0.3, -0.25) is 20.4 Å². The molecule has 0 aliphatic heterocycles. The second-order valence-corrected chi connectivity index (χ2v) is 6.62. The summed E-state index contributed by atoms with van der Waals surface area (Å²) in [5.74, 6) is -0.504. The number of fused-ring (bicyclic) bond motifs is 1. The molecule has 3 aromatic rings. The van der Waals surface area contributed by atoms with Crippen LogP contribution in [0.25, 0.3) is 10.9 Å². The van der Waals surface area contributed by atoms with Crippen LogP contribution in [0.2, 0.25) is 5.02 Å². The minimum absolute atomic E-state index is 0.192. The zero-order valence-corrected chi connectivity index (χ0v) is 15.2. The van der Waals surface area contributed by atoms with Crippen molar-refractivity contribution in [3.05, 3.63) is 70.4 Å². The minimum Gasteiger partial charge on any atom is -0.361 e. The molecule has 0 aliphatic rings. The number of rotatable bonds is 5. The van der Waals surface area contributed by atoms with E-state index in [-0.39, 0.29) is 24.7 Å². The largest absolute Gasteiger partial charge is 0.361 e. The number of hydrogen-bond acceptors (Lipinski definition) is 2. The third-order valence-electron chi connectivity index (χ3n) is 4.24. The third kappa shape index (κ3) is 4.43. The van der Waals surface area contributed by atoms with Gasteiger partial charge in [0.2, 0.25) is 11.8 Å². The van der Waals surface area contributed by atoms with Crippen LogP contribution in [-0.4, -0.2) is 16.8 Å². The molecule has 5 nitrogen and oxygen atoms in total. The first kappa shape index (κ1) is 18.0. The smallest absolute Gasteiger partial charge is 0.242 e. The lowest BCUT2D eigenvalue weighted by molar-refractivity contribution is -0.128. The van der Waals surface area contributed by atoms with Gasteiger partial charge in [0.15, 0.2) is 0 Å². The summed E-state index contributed by atoms with van der Waals surface area (Å²) in [6.45, 7) is 1.93. The predicted octanol–water partition coefficient (Wildman–Crippen LogP) is 3.45. The fourth-order valence-electron chi connectivity index (χ4n) is 2.75. The number of carbonyl (C=O) groups is 2. The van der Waals surface area contributed by atoms with Crippen molar-refractivity contribution in [3.8, 4) is 0 Å². The number of para-hydroxylation sites is 1. The van der Waals surface area contributed by atoms with Crippen LogP contribution in [0.15, 0.2) is 48.7 Å². The molecule has 0 unspecified atom stereocenters. The van der Waals surface area contributed by atoms with E-state index in [9.17, 15) is 9.59 Å². The topological polar surface area (TPSA) is 74.0 Å². The third-order valence-corrected chi connectivity index (χ3v) is 4.65. The van der Waals surface area contributed by atoms with E-state index in [4.69, 9.17) is 11.6 Å². The molecule has 0 saturated carbocycles. The van der Waals surface area contributed by atoms with E-state index in [1.165, 1.54) is 0 Å². The zero-order valence-electron chi connectivity index (χ0n) is 14.4. The molecule has 2 amide bonds. The Kier molecular flexibility index (Phi) is 5.58. The lowest BCUT2D eigenvalue weighted by Gasteiger charge is -2.08. The summed E-state index contributed by atoms with van der Waals surface area (Å²) >= 11 is 6.08. The molecule has 1 aromatic heterocycles. The molecule has 0 radical (unpaired) electrons. The van der Waals surface area contributed by atoms with Crippen LogP contribution in [0.3, 0.4) is 0 Å². The summed E-state index contributed by atoms with van der Waals surface area (Å²) < 4.78 is 0. The Morgan fingerprint density at radius 2 is 1.85 bits per heavy atom. The van der Waals surface area contributed by atoms with E-state index >= 15 is 0 Å². The predicted molar refractivity (Wildman–Crippen MR) is 103 cm³/mol. The number of carbonyl (C=O) groups excluding carboxylic acids is 2. The van der Waals surface area contributed by atoms with Crippen LogP contribution in [0.1, 0.15) is 23.1 Å². The van der Waals surface area contributed by atoms with Gasteiger partial charge in [0, 0.05) is 28.5 Å². The van der Waals surface area contributed by atoms with Crippen molar-refractivity contribution >= 4 is 34.3 Å². The van der Waals surface area contributed by atoms with E-state index in [0.717, 1.165) is 27.6 Å². The van der Waals surface area contributed by atoms with Crippen LogP contribution in [-0.2, 0) is 22.4 Å². The number of hydrogen-bond donors (Lipinski definition) is 3. The number of aromatic nitrogens is 1. The SMILES string of the molecule is Cc1ccc(CCC(=O)NNC(=O)Cc2c[nH]c3ccccc23)cc1Cl. The normalized spacial score (nSPS) is 10.7. The van der Waals surface area contributed by atoms with Crippen molar-refractivity contribution in [1.29, 1.82) is 0 Å². The van der Waals surface area contributed by atoms with Crippen LogP contribution in [0, 0.1) is 6.92 Å². The fourth-order valence-corrected chi connectivity index (χ4v) is 2.95. The first-order chi connectivity index (χ1) is 12.5. The van der Waals surface area contributed by atoms with Gasteiger partial charge in [-0.2, -0.15) is 0 Å². The Bertz CT molecular complexity index is 949. The van der Waals surface area contributed by atoms with Gasteiger partial charge in [-0.1, -0.05) is 41.9 Å². The highest BCUT2D eigenvalue weighted by molar-refractivity contribution is 6.31. The number of aromatic amines is 1. The molecule has 3 N–H and O–H groups in total. The van der Waals surface area contributed by atoms with Crippen LogP contribution >= 0.6 is 11.6 Å². The van der Waals surface area contributed by atoms with E-state index in [1.54, 1.807) is 0 Å². The maximum Gasteiger partial charge on any atom is 0.242 e. The number of halogens is 1. The number of nitrogens with one attached hydrogen (secondary N) is 3. The van der Waals surface area contributed by atoms with Gasteiger partial charge < -0.3 is 4.98 Å². The summed E-state index contributed by atoms with van der Waals surface area (Å²) in [6, 6.07) is 13.5. The average molecular weight is 370 g/mol. The van der Waals surface area contributed by atoms with Gasteiger partial charge in [0.05, 0.1) is 6.42 Å². The lowest BCUT2D eigenvalue weighted by Crippen LogP contribution is -2.42. The Balaban J connectivity index is 1.46. The standard InChI is InChI=1S/C20H20ClN3O2/c1-13-6-7-14(10-17(13)21)8-9-19(25)23-24-20(26)11-15-12-22-18-5-3-2-4-16(15)18/h2-7,10,12,22H,8-9,11H2,1H3,(H,23,25)(H,24,26). The second kappa shape index (κ2) is 8.06. The molecular weight excluding hydrogens is 350 g/mol. The molecule has 0 bridgehead atoms. The van der Waals surface area contributed by atoms with Gasteiger partial charge in [0.25, 0.3) is 0 Å². The first-order valence-corrected chi connectivity index (χ1v) is 8.78. The molecule has 134 valence electrons. The van der Waals surface area contributed by atoms with Crippen molar-refractivity contribution in [2.75, 3.05) is 0 Å². The number of hydrazine groups is 1. The van der Waals surface area contributed by atoms with Crippen molar-refractivity contribution in [1.82, 2.24) is 15.8 Å². The molecule has 6 heteroatoms. The molecule has 1 heterocycles. The highest BCUT2D eigenvalue weighted by Gasteiger charge is 2.10. The van der Waals surface area contributed by atoms with Gasteiger partial charge in [-0.15, -0.1) is 0 Å².